The second-order valence-electron chi connectivity index (χ2n) is 4.66. The zero-order valence-electron chi connectivity index (χ0n) is 10.7. The molecule has 0 radical (unpaired) electrons. The van der Waals surface area contributed by atoms with Crippen molar-refractivity contribution in [1.82, 2.24) is 0 Å². The van der Waals surface area contributed by atoms with Gasteiger partial charge in [0.15, 0.2) is 5.76 Å². The maximum atomic E-state index is 6.30. The fraction of sp³-hybridized carbons (Fsp3) is 0.267. The minimum atomic E-state index is 0.00307. The number of hydrogen-bond acceptors (Lipinski definition) is 3. The molecular formula is C15H15ClN2O. The van der Waals surface area contributed by atoms with Crippen molar-refractivity contribution in [2.24, 2.45) is 4.99 Å². The van der Waals surface area contributed by atoms with Crippen molar-refractivity contribution >= 4 is 23.0 Å². The molecule has 0 saturated carbocycles. The molecule has 1 atom stereocenters. The molecular weight excluding hydrogens is 260 g/mol. The number of para-hydroxylation sites is 1. The van der Waals surface area contributed by atoms with Crippen LogP contribution in [0.2, 0.25) is 0 Å². The van der Waals surface area contributed by atoms with Crippen LogP contribution in [0.3, 0.4) is 0 Å². The Morgan fingerprint density at radius 1 is 1.26 bits per heavy atom. The third-order valence-corrected chi connectivity index (χ3v) is 3.52. The molecule has 3 nitrogen and oxygen atoms in total. The molecule has 2 heterocycles. The van der Waals surface area contributed by atoms with Crippen LogP contribution in [0.4, 0.5) is 5.69 Å². The Hall–Kier alpha value is -1.74. The summed E-state index contributed by atoms with van der Waals surface area (Å²) in [5.41, 5.74) is 3.09. The van der Waals surface area contributed by atoms with E-state index in [1.807, 2.05) is 24.3 Å². The van der Waals surface area contributed by atoms with E-state index in [-0.39, 0.29) is 5.38 Å². The summed E-state index contributed by atoms with van der Waals surface area (Å²) >= 11 is 6.30. The van der Waals surface area contributed by atoms with Crippen molar-refractivity contribution in [1.29, 1.82) is 0 Å². The van der Waals surface area contributed by atoms with E-state index in [1.165, 1.54) is 0 Å². The Labute approximate surface area is 117 Å². The van der Waals surface area contributed by atoms with Gasteiger partial charge in [0.2, 0.25) is 0 Å². The van der Waals surface area contributed by atoms with E-state index < -0.39 is 0 Å². The van der Waals surface area contributed by atoms with Crippen LogP contribution in [-0.2, 0) is 0 Å². The van der Waals surface area contributed by atoms with Crippen LogP contribution < -0.4 is 4.90 Å². The van der Waals surface area contributed by atoms with Gasteiger partial charge in [0.05, 0.1) is 18.2 Å². The Kier molecular flexibility index (Phi) is 3.30. The molecule has 0 N–H and O–H groups in total. The fourth-order valence-corrected chi connectivity index (χ4v) is 2.64. The van der Waals surface area contributed by atoms with Gasteiger partial charge in [0.25, 0.3) is 0 Å². The minimum absolute atomic E-state index is 0.00307. The van der Waals surface area contributed by atoms with Crippen LogP contribution in [0.5, 0.6) is 0 Å². The van der Waals surface area contributed by atoms with Crippen LogP contribution >= 0.6 is 11.6 Å². The van der Waals surface area contributed by atoms with Crippen molar-refractivity contribution < 1.29 is 4.42 Å². The summed E-state index contributed by atoms with van der Waals surface area (Å²) in [6.45, 7) is 1.38. The zero-order valence-corrected chi connectivity index (χ0v) is 11.5. The summed E-state index contributed by atoms with van der Waals surface area (Å²) in [5, 5.41) is 0.00307. The van der Waals surface area contributed by atoms with Crippen LogP contribution in [0, 0.1) is 0 Å². The third-order valence-electron chi connectivity index (χ3n) is 3.24. The largest absolute Gasteiger partial charge is 0.463 e. The number of rotatable bonds is 1. The summed E-state index contributed by atoms with van der Waals surface area (Å²) in [6, 6.07) is 12.0. The predicted molar refractivity (Wildman–Crippen MR) is 78.6 cm³/mol. The molecule has 98 valence electrons. The molecule has 0 amide bonds. The second-order valence-corrected chi connectivity index (χ2v) is 5.28. The summed E-state index contributed by atoms with van der Waals surface area (Å²) in [6.07, 6.45) is 1.67. The van der Waals surface area contributed by atoms with E-state index in [0.29, 0.717) is 6.54 Å². The molecule has 0 aliphatic carbocycles. The molecule has 2 aromatic rings. The number of furan rings is 1. The van der Waals surface area contributed by atoms with Crippen molar-refractivity contribution in [3.63, 3.8) is 0 Å². The van der Waals surface area contributed by atoms with Gasteiger partial charge in [-0.15, -0.1) is 11.6 Å². The Balaban J connectivity index is 2.15. The summed E-state index contributed by atoms with van der Waals surface area (Å²) < 4.78 is 5.50. The van der Waals surface area contributed by atoms with Gasteiger partial charge in [0, 0.05) is 24.8 Å². The van der Waals surface area contributed by atoms with E-state index >= 15 is 0 Å². The van der Waals surface area contributed by atoms with Gasteiger partial charge in [-0.2, -0.15) is 0 Å². The monoisotopic (exact) mass is 274 g/mol. The predicted octanol–water partition coefficient (Wildman–Crippen LogP) is 3.17. The van der Waals surface area contributed by atoms with Crippen molar-refractivity contribution in [3.8, 4) is 0 Å². The molecule has 3 rings (SSSR count). The maximum absolute atomic E-state index is 6.30. The molecule has 0 bridgehead atoms. The Morgan fingerprint density at radius 3 is 2.89 bits per heavy atom. The smallest absolute Gasteiger partial charge is 0.152 e. The van der Waals surface area contributed by atoms with Crippen molar-refractivity contribution in [3.05, 3.63) is 54.0 Å². The molecule has 1 unspecified atom stereocenters. The number of aliphatic imine (C=N–C) groups is 1. The van der Waals surface area contributed by atoms with E-state index in [4.69, 9.17) is 16.0 Å². The lowest BCUT2D eigenvalue weighted by Gasteiger charge is -2.26. The first kappa shape index (κ1) is 12.3. The Morgan fingerprint density at radius 2 is 2.11 bits per heavy atom. The number of halogens is 1. The lowest BCUT2D eigenvalue weighted by Crippen LogP contribution is -2.31. The van der Waals surface area contributed by atoms with E-state index in [9.17, 15) is 0 Å². The molecule has 19 heavy (non-hydrogen) atoms. The lowest BCUT2D eigenvalue weighted by atomic mass is 10.0. The lowest BCUT2D eigenvalue weighted by molar-refractivity contribution is 0.557. The van der Waals surface area contributed by atoms with Gasteiger partial charge >= 0.3 is 0 Å². The number of anilines is 1. The number of benzene rings is 1. The Bertz CT molecular complexity index is 592. The molecule has 4 heteroatoms. The first-order valence-electron chi connectivity index (χ1n) is 6.28. The van der Waals surface area contributed by atoms with Crippen LogP contribution in [0.15, 0.2) is 52.1 Å². The van der Waals surface area contributed by atoms with Crippen LogP contribution in [0.1, 0.15) is 11.3 Å². The zero-order chi connectivity index (χ0) is 13.2. The summed E-state index contributed by atoms with van der Waals surface area (Å²) in [7, 11) is 2.05. The number of alkyl halides is 1. The molecule has 1 aliphatic heterocycles. The average Bonchev–Trinajstić information content (AvgIpc) is 2.92. The first-order chi connectivity index (χ1) is 9.25. The van der Waals surface area contributed by atoms with E-state index in [0.717, 1.165) is 29.3 Å². The first-order valence-corrected chi connectivity index (χ1v) is 6.72. The highest BCUT2D eigenvalue weighted by atomic mass is 35.5. The van der Waals surface area contributed by atoms with E-state index in [2.05, 4.69) is 29.1 Å². The summed E-state index contributed by atoms with van der Waals surface area (Å²) in [5.74, 6) is 0.784. The fourth-order valence-electron chi connectivity index (χ4n) is 2.36. The quantitative estimate of drug-likeness (QED) is 0.748. The van der Waals surface area contributed by atoms with Crippen molar-refractivity contribution in [2.75, 3.05) is 25.0 Å². The molecule has 1 aliphatic rings. The number of nitrogens with zero attached hydrogens (tertiary/aromatic N) is 2. The molecule has 0 spiro atoms. The van der Waals surface area contributed by atoms with Gasteiger partial charge in [-0.05, 0) is 18.2 Å². The highest BCUT2D eigenvalue weighted by Gasteiger charge is 2.20. The van der Waals surface area contributed by atoms with Crippen LogP contribution in [0.25, 0.3) is 0 Å². The maximum Gasteiger partial charge on any atom is 0.152 e. The molecule has 0 fully saturated rings. The highest BCUT2D eigenvalue weighted by molar-refractivity contribution is 6.22. The topological polar surface area (TPSA) is 28.7 Å². The van der Waals surface area contributed by atoms with Gasteiger partial charge < -0.3 is 9.32 Å². The number of fused-ring (bicyclic) bond motifs is 1. The number of hydrogen-bond donors (Lipinski definition) is 0. The van der Waals surface area contributed by atoms with Crippen LogP contribution in [-0.4, -0.2) is 31.2 Å². The SMILES string of the molecule is CN1CC(Cl)CN=C(c2ccco2)c2ccccc21. The standard InChI is InChI=1S/C15H15ClN2O/c1-18-10-11(16)9-17-15(14-7-4-8-19-14)12-5-2-3-6-13(12)18/h2-8,11H,9-10H2,1H3. The van der Waals surface area contributed by atoms with Gasteiger partial charge in [-0.25, -0.2) is 0 Å². The molecule has 0 saturated heterocycles. The van der Waals surface area contributed by atoms with E-state index in [1.54, 1.807) is 6.26 Å². The summed E-state index contributed by atoms with van der Waals surface area (Å²) in [4.78, 5) is 6.82. The average molecular weight is 275 g/mol. The van der Waals surface area contributed by atoms with Gasteiger partial charge in [0.1, 0.15) is 5.71 Å². The van der Waals surface area contributed by atoms with Gasteiger partial charge in [-0.3, -0.25) is 4.99 Å². The highest BCUT2D eigenvalue weighted by Crippen LogP contribution is 2.25. The second kappa shape index (κ2) is 5.10. The van der Waals surface area contributed by atoms with Gasteiger partial charge in [-0.1, -0.05) is 18.2 Å². The normalized spacial score (nSPS) is 19.4. The third kappa shape index (κ3) is 2.38. The molecule has 1 aromatic heterocycles. The minimum Gasteiger partial charge on any atom is -0.463 e. The molecule has 1 aromatic carbocycles. The van der Waals surface area contributed by atoms with Crippen molar-refractivity contribution in [2.45, 2.75) is 5.38 Å².